The van der Waals surface area contributed by atoms with Gasteiger partial charge < -0.3 is 4.42 Å². The molecule has 4 aromatic heterocycles. The molecule has 0 saturated heterocycles. The van der Waals surface area contributed by atoms with Gasteiger partial charge in [-0.2, -0.15) is 0 Å². The SMILES string of the molecule is c1ccc(-c2nc(-c3ccccc3)nc(-c3ccc4oc5cc(-c6ccc7nc(-c8ccccc8)c8ccc9sc%10ccccc%10c9c8c7c6)ccc5c4c3)n2)cc1. The molecule has 0 radical (unpaired) electrons. The van der Waals surface area contributed by atoms with Gasteiger partial charge in [0.2, 0.25) is 0 Å². The first-order chi connectivity index (χ1) is 28.7. The normalized spacial score (nSPS) is 11.8. The van der Waals surface area contributed by atoms with Crippen LogP contribution in [0.1, 0.15) is 0 Å². The molecule has 12 aromatic rings. The lowest BCUT2D eigenvalue weighted by atomic mass is 9.94. The monoisotopic (exact) mass is 758 g/mol. The summed E-state index contributed by atoms with van der Waals surface area (Å²) in [6.07, 6.45) is 0. The van der Waals surface area contributed by atoms with Crippen LogP contribution in [0.2, 0.25) is 0 Å². The average Bonchev–Trinajstić information content (AvgIpc) is 3.87. The molecule has 0 N–H and O–H groups in total. The van der Waals surface area contributed by atoms with E-state index in [0.717, 1.165) is 77.3 Å². The van der Waals surface area contributed by atoms with Crippen LogP contribution in [0, 0.1) is 0 Å². The van der Waals surface area contributed by atoms with Crippen LogP contribution in [0.5, 0.6) is 0 Å². The third kappa shape index (κ3) is 5.30. The molecule has 0 fully saturated rings. The quantitative estimate of drug-likeness (QED) is 0.164. The van der Waals surface area contributed by atoms with Gasteiger partial charge in [-0.1, -0.05) is 127 Å². The molecule has 8 aromatic carbocycles. The topological polar surface area (TPSA) is 64.7 Å². The lowest BCUT2D eigenvalue weighted by Crippen LogP contribution is -2.00. The van der Waals surface area contributed by atoms with Crippen molar-refractivity contribution in [3.8, 4) is 56.5 Å². The minimum atomic E-state index is 0.612. The fourth-order valence-corrected chi connectivity index (χ4v) is 9.45. The van der Waals surface area contributed by atoms with Crippen molar-refractivity contribution >= 4 is 75.1 Å². The number of thiophene rings is 1. The van der Waals surface area contributed by atoms with E-state index < -0.39 is 0 Å². The molecule has 0 bridgehead atoms. The highest BCUT2D eigenvalue weighted by molar-refractivity contribution is 7.26. The first kappa shape index (κ1) is 32.7. The predicted octanol–water partition coefficient (Wildman–Crippen LogP) is 14.2. The van der Waals surface area contributed by atoms with Gasteiger partial charge >= 0.3 is 0 Å². The highest BCUT2D eigenvalue weighted by Gasteiger charge is 2.19. The van der Waals surface area contributed by atoms with Crippen LogP contribution in [0.4, 0.5) is 0 Å². The Balaban J connectivity index is 1.01. The Bertz CT molecular complexity index is 3500. The second-order valence-electron chi connectivity index (χ2n) is 14.6. The summed E-state index contributed by atoms with van der Waals surface area (Å²) in [7, 11) is 0. The molecular formula is C52H30N4OS. The van der Waals surface area contributed by atoms with E-state index in [0.29, 0.717) is 17.5 Å². The Hall–Kier alpha value is -7.54. The summed E-state index contributed by atoms with van der Waals surface area (Å²) in [4.78, 5) is 20.1. The van der Waals surface area contributed by atoms with Gasteiger partial charge in [0.25, 0.3) is 0 Å². The molecule has 0 aliphatic carbocycles. The summed E-state index contributed by atoms with van der Waals surface area (Å²) in [5.74, 6) is 1.88. The van der Waals surface area contributed by atoms with Gasteiger partial charge in [-0.05, 0) is 65.7 Å². The van der Waals surface area contributed by atoms with Crippen LogP contribution < -0.4 is 0 Å². The summed E-state index contributed by atoms with van der Waals surface area (Å²) in [6, 6.07) is 63.2. The molecule has 270 valence electrons. The highest BCUT2D eigenvalue weighted by Crippen LogP contribution is 2.44. The van der Waals surface area contributed by atoms with Crippen molar-refractivity contribution < 1.29 is 4.42 Å². The first-order valence-electron chi connectivity index (χ1n) is 19.3. The van der Waals surface area contributed by atoms with Gasteiger partial charge in [0.15, 0.2) is 17.5 Å². The number of hydrogen-bond donors (Lipinski definition) is 0. The molecule has 0 atom stereocenters. The number of hydrogen-bond acceptors (Lipinski definition) is 6. The van der Waals surface area contributed by atoms with E-state index in [-0.39, 0.29) is 0 Å². The van der Waals surface area contributed by atoms with Crippen molar-refractivity contribution in [3.05, 3.63) is 182 Å². The van der Waals surface area contributed by atoms with Crippen LogP contribution in [-0.4, -0.2) is 19.9 Å². The minimum Gasteiger partial charge on any atom is -0.456 e. The third-order valence-corrected chi connectivity index (χ3v) is 12.2. The number of nitrogens with zero attached hydrogens (tertiary/aromatic N) is 4. The lowest BCUT2D eigenvalue weighted by Gasteiger charge is -2.13. The minimum absolute atomic E-state index is 0.612. The van der Waals surface area contributed by atoms with Crippen molar-refractivity contribution in [2.45, 2.75) is 0 Å². The molecule has 5 nitrogen and oxygen atoms in total. The fraction of sp³-hybridized carbons (Fsp3) is 0. The van der Waals surface area contributed by atoms with Crippen LogP contribution in [-0.2, 0) is 0 Å². The van der Waals surface area contributed by atoms with Gasteiger partial charge in [-0.15, -0.1) is 11.3 Å². The highest BCUT2D eigenvalue weighted by atomic mass is 32.1. The van der Waals surface area contributed by atoms with E-state index in [1.807, 2.05) is 84.1 Å². The maximum absolute atomic E-state index is 6.55. The van der Waals surface area contributed by atoms with Gasteiger partial charge in [0, 0.05) is 69.4 Å². The number of rotatable bonds is 5. The van der Waals surface area contributed by atoms with Crippen molar-refractivity contribution in [3.63, 3.8) is 0 Å². The number of pyridine rings is 1. The van der Waals surface area contributed by atoms with Crippen LogP contribution in [0.3, 0.4) is 0 Å². The van der Waals surface area contributed by atoms with Gasteiger partial charge in [-0.25, -0.2) is 19.9 Å². The summed E-state index contributed by atoms with van der Waals surface area (Å²) in [6.45, 7) is 0. The Morgan fingerprint density at radius 2 is 0.914 bits per heavy atom. The van der Waals surface area contributed by atoms with E-state index >= 15 is 0 Å². The first-order valence-corrected chi connectivity index (χ1v) is 20.1. The maximum Gasteiger partial charge on any atom is 0.164 e. The molecule has 12 rings (SSSR count). The Kier molecular flexibility index (Phi) is 7.33. The maximum atomic E-state index is 6.55. The zero-order chi connectivity index (χ0) is 38.2. The summed E-state index contributed by atoms with van der Waals surface area (Å²) < 4.78 is 9.11. The Morgan fingerprint density at radius 1 is 0.328 bits per heavy atom. The second-order valence-corrected chi connectivity index (χ2v) is 15.7. The van der Waals surface area contributed by atoms with Crippen molar-refractivity contribution in [2.24, 2.45) is 0 Å². The number of benzene rings is 8. The standard InChI is InChI=1S/C52H30N4OS/c1-4-12-31(13-5-1)49-39-24-27-46-48(38-18-10-11-19-45(38)58-46)47(39)41-28-34(21-25-42(41)53-49)35-20-23-37-40-29-36(22-26-43(40)57-44(37)30-35)52-55-50(32-14-6-2-7-15-32)54-51(56-52)33-16-8-3-9-17-33/h1-30H. The van der Waals surface area contributed by atoms with Crippen molar-refractivity contribution in [1.82, 2.24) is 19.9 Å². The molecular weight excluding hydrogens is 729 g/mol. The average molecular weight is 759 g/mol. The third-order valence-electron chi connectivity index (χ3n) is 11.1. The number of fused-ring (bicyclic) bond motifs is 10. The molecule has 0 aliphatic rings. The molecule has 58 heavy (non-hydrogen) atoms. The predicted molar refractivity (Wildman–Crippen MR) is 240 cm³/mol. The Labute approximate surface area is 336 Å². The van der Waals surface area contributed by atoms with E-state index in [2.05, 4.69) is 109 Å². The summed E-state index contributed by atoms with van der Waals surface area (Å²) in [5, 5.41) is 8.13. The number of aromatic nitrogens is 4. The van der Waals surface area contributed by atoms with E-state index in [4.69, 9.17) is 24.4 Å². The molecule has 0 amide bonds. The van der Waals surface area contributed by atoms with Gasteiger partial charge in [-0.3, -0.25) is 0 Å². The summed E-state index contributed by atoms with van der Waals surface area (Å²) in [5.41, 5.74) is 9.67. The number of furan rings is 1. The van der Waals surface area contributed by atoms with Gasteiger partial charge in [0.1, 0.15) is 11.2 Å². The van der Waals surface area contributed by atoms with E-state index in [1.165, 1.54) is 25.6 Å². The molecule has 0 unspecified atom stereocenters. The van der Waals surface area contributed by atoms with E-state index in [1.54, 1.807) is 0 Å². The zero-order valence-electron chi connectivity index (χ0n) is 30.9. The molecule has 6 heteroatoms. The van der Waals surface area contributed by atoms with Crippen LogP contribution >= 0.6 is 11.3 Å². The van der Waals surface area contributed by atoms with E-state index in [9.17, 15) is 0 Å². The molecule has 0 aliphatic heterocycles. The lowest BCUT2D eigenvalue weighted by molar-refractivity contribution is 0.669. The molecule has 0 saturated carbocycles. The van der Waals surface area contributed by atoms with Gasteiger partial charge in [0.05, 0.1) is 11.2 Å². The van der Waals surface area contributed by atoms with Crippen LogP contribution in [0.25, 0.3) is 120 Å². The Morgan fingerprint density at radius 3 is 1.66 bits per heavy atom. The molecule has 0 spiro atoms. The van der Waals surface area contributed by atoms with Crippen molar-refractivity contribution in [2.75, 3.05) is 0 Å². The summed E-state index contributed by atoms with van der Waals surface area (Å²) >= 11 is 1.85. The zero-order valence-corrected chi connectivity index (χ0v) is 31.7. The largest absolute Gasteiger partial charge is 0.456 e. The fourth-order valence-electron chi connectivity index (χ4n) is 8.34. The van der Waals surface area contributed by atoms with Crippen molar-refractivity contribution in [1.29, 1.82) is 0 Å². The molecule has 4 heterocycles. The second kappa shape index (κ2) is 13.0. The smallest absolute Gasteiger partial charge is 0.164 e. The van der Waals surface area contributed by atoms with Crippen LogP contribution in [0.15, 0.2) is 186 Å².